The predicted molar refractivity (Wildman–Crippen MR) is 63.3 cm³/mol. The Balaban J connectivity index is 1.82. The van der Waals surface area contributed by atoms with Crippen molar-refractivity contribution >= 4 is 12.3 Å². The van der Waals surface area contributed by atoms with E-state index >= 15 is 0 Å². The molecule has 1 aliphatic heterocycles. The highest BCUT2D eigenvalue weighted by Gasteiger charge is 2.43. The third-order valence-corrected chi connectivity index (χ3v) is 3.48. The number of aldehydes is 1. The molecule has 1 heterocycles. The average Bonchev–Trinajstić information content (AvgIpc) is 2.70. The Kier molecular flexibility index (Phi) is 2.44. The lowest BCUT2D eigenvalue weighted by Gasteiger charge is -2.27. The minimum absolute atomic E-state index is 0.0633. The van der Waals surface area contributed by atoms with Gasteiger partial charge in [-0.05, 0) is 18.1 Å². The van der Waals surface area contributed by atoms with Crippen molar-refractivity contribution in [2.75, 3.05) is 6.61 Å². The van der Waals surface area contributed by atoms with Crippen LogP contribution in [-0.4, -0.2) is 18.9 Å². The monoisotopic (exact) mass is 244 g/mol. The molecule has 92 valence electrons. The second-order valence-electron chi connectivity index (χ2n) is 4.44. The first kappa shape index (κ1) is 11.0. The zero-order valence-corrected chi connectivity index (χ0v) is 9.72. The van der Waals surface area contributed by atoms with Crippen molar-refractivity contribution < 1.29 is 19.1 Å². The van der Waals surface area contributed by atoms with E-state index in [9.17, 15) is 9.59 Å². The first-order chi connectivity index (χ1) is 8.72. The molecule has 3 rings (SSSR count). The summed E-state index contributed by atoms with van der Waals surface area (Å²) < 4.78 is 10.4. The van der Waals surface area contributed by atoms with Crippen LogP contribution in [0.4, 0.5) is 0 Å². The smallest absolute Gasteiger partial charge is 0.334 e. The molecule has 0 saturated heterocycles. The van der Waals surface area contributed by atoms with E-state index in [0.717, 1.165) is 17.7 Å². The van der Waals surface area contributed by atoms with Crippen molar-refractivity contribution in [1.29, 1.82) is 0 Å². The summed E-state index contributed by atoms with van der Waals surface area (Å²) in [7, 11) is 0. The zero-order chi connectivity index (χ0) is 12.7. The molecule has 0 bridgehead atoms. The van der Waals surface area contributed by atoms with E-state index < -0.39 is 5.97 Å². The van der Waals surface area contributed by atoms with Gasteiger partial charge in [-0.1, -0.05) is 18.7 Å². The normalized spacial score (nSPS) is 22.4. The van der Waals surface area contributed by atoms with E-state index in [1.54, 1.807) is 0 Å². The molecule has 18 heavy (non-hydrogen) atoms. The summed E-state index contributed by atoms with van der Waals surface area (Å²) in [5.74, 6) is 0.326. The molecule has 1 aromatic carbocycles. The number of carbonyl (C=O) groups is 2. The Morgan fingerprint density at radius 2 is 2.39 bits per heavy atom. The summed E-state index contributed by atoms with van der Waals surface area (Å²) in [4.78, 5) is 21.9. The number of ether oxygens (including phenoxy) is 2. The molecular weight excluding hydrogens is 232 g/mol. The van der Waals surface area contributed by atoms with Crippen LogP contribution in [0.5, 0.6) is 5.75 Å². The lowest BCUT2D eigenvalue weighted by molar-refractivity contribution is -0.141. The molecule has 4 heteroatoms. The third-order valence-electron chi connectivity index (χ3n) is 3.48. The van der Waals surface area contributed by atoms with E-state index in [1.165, 1.54) is 5.56 Å². The largest absolute Gasteiger partial charge is 0.485 e. The Morgan fingerprint density at radius 3 is 3.17 bits per heavy atom. The Morgan fingerprint density at radius 1 is 1.56 bits per heavy atom. The maximum Gasteiger partial charge on any atom is 0.334 e. The van der Waals surface area contributed by atoms with E-state index in [4.69, 9.17) is 9.47 Å². The molecule has 0 fully saturated rings. The van der Waals surface area contributed by atoms with Gasteiger partial charge in [0.2, 0.25) is 0 Å². The molecule has 4 nitrogen and oxygen atoms in total. The topological polar surface area (TPSA) is 52.6 Å². The van der Waals surface area contributed by atoms with E-state index in [2.05, 4.69) is 6.58 Å². The fraction of sp³-hybridized carbons (Fsp3) is 0.286. The lowest BCUT2D eigenvalue weighted by atomic mass is 9.94. The molecule has 2 atom stereocenters. The van der Waals surface area contributed by atoms with Crippen LogP contribution in [0.15, 0.2) is 30.4 Å². The van der Waals surface area contributed by atoms with Gasteiger partial charge < -0.3 is 9.47 Å². The van der Waals surface area contributed by atoms with Gasteiger partial charge in [-0.25, -0.2) is 4.79 Å². The first-order valence-electron chi connectivity index (χ1n) is 5.81. The van der Waals surface area contributed by atoms with Crippen molar-refractivity contribution in [1.82, 2.24) is 0 Å². The maximum absolute atomic E-state index is 11.7. The quantitative estimate of drug-likeness (QED) is 0.461. The second kappa shape index (κ2) is 3.98. The van der Waals surface area contributed by atoms with Gasteiger partial charge in [0.1, 0.15) is 18.5 Å². The van der Waals surface area contributed by atoms with Crippen molar-refractivity contribution in [3.8, 4) is 5.75 Å². The zero-order valence-electron chi connectivity index (χ0n) is 9.72. The molecule has 0 saturated carbocycles. The molecule has 0 N–H and O–H groups in total. The van der Waals surface area contributed by atoms with Crippen molar-refractivity contribution in [2.45, 2.75) is 18.4 Å². The molecule has 1 aliphatic carbocycles. The van der Waals surface area contributed by atoms with Crippen LogP contribution < -0.4 is 4.74 Å². The molecule has 0 amide bonds. The van der Waals surface area contributed by atoms with Crippen LogP contribution in [-0.2, 0) is 14.3 Å². The molecule has 2 unspecified atom stereocenters. The van der Waals surface area contributed by atoms with Crippen LogP contribution in [0.3, 0.4) is 0 Å². The molecule has 2 aliphatic rings. The van der Waals surface area contributed by atoms with Gasteiger partial charge in [0.25, 0.3) is 0 Å². The maximum atomic E-state index is 11.7. The number of benzene rings is 1. The van der Waals surface area contributed by atoms with Gasteiger partial charge in [-0.2, -0.15) is 0 Å². The van der Waals surface area contributed by atoms with Gasteiger partial charge in [0.15, 0.2) is 6.29 Å². The summed E-state index contributed by atoms with van der Waals surface area (Å²) >= 11 is 0. The number of esters is 1. The van der Waals surface area contributed by atoms with Gasteiger partial charge in [0.05, 0.1) is 0 Å². The Labute approximate surface area is 104 Å². The van der Waals surface area contributed by atoms with Gasteiger partial charge in [0, 0.05) is 17.1 Å². The Bertz CT molecular complexity index is 547. The molecule has 0 spiro atoms. The van der Waals surface area contributed by atoms with E-state index in [1.807, 2.05) is 18.2 Å². The summed E-state index contributed by atoms with van der Waals surface area (Å²) in [6.07, 6.45) is 1.36. The summed E-state index contributed by atoms with van der Waals surface area (Å²) in [5, 5.41) is 0. The van der Waals surface area contributed by atoms with E-state index in [-0.39, 0.29) is 18.6 Å². The van der Waals surface area contributed by atoms with Gasteiger partial charge in [-0.3, -0.25) is 4.79 Å². The minimum Gasteiger partial charge on any atom is -0.485 e. The first-order valence-corrected chi connectivity index (χ1v) is 5.81. The summed E-state index contributed by atoms with van der Waals surface area (Å²) in [6.45, 7) is 3.58. The molecule has 0 aromatic heterocycles. The van der Waals surface area contributed by atoms with Gasteiger partial charge >= 0.3 is 5.97 Å². The second-order valence-corrected chi connectivity index (χ2v) is 4.44. The highest BCUT2D eigenvalue weighted by atomic mass is 16.5. The number of hydrogen-bond donors (Lipinski definition) is 0. The number of carbonyl (C=O) groups excluding carboxylic acids is 2. The molecule has 1 aromatic rings. The van der Waals surface area contributed by atoms with Crippen LogP contribution in [0.1, 0.15) is 29.6 Å². The SMILES string of the molecule is C=C(C(=O)OCC=O)C1CC2Oc3cccc1c32. The number of rotatable bonds is 4. The van der Waals surface area contributed by atoms with Crippen LogP contribution in [0, 0.1) is 0 Å². The highest BCUT2D eigenvalue weighted by molar-refractivity contribution is 5.90. The lowest BCUT2D eigenvalue weighted by Crippen LogP contribution is -2.15. The van der Waals surface area contributed by atoms with Crippen molar-refractivity contribution in [3.63, 3.8) is 0 Å². The fourth-order valence-corrected chi connectivity index (χ4v) is 2.65. The predicted octanol–water partition coefficient (Wildman–Crippen LogP) is 1.91. The third kappa shape index (κ3) is 1.45. The standard InChI is InChI=1S/C14H12O4/c1-8(14(16)17-6-5-15)10-7-12-13-9(10)3-2-4-11(13)18-12/h2-5,10,12H,1,6-7H2. The van der Waals surface area contributed by atoms with Crippen LogP contribution >= 0.6 is 0 Å². The minimum atomic E-state index is -0.508. The Hall–Kier alpha value is -2.10. The van der Waals surface area contributed by atoms with E-state index in [0.29, 0.717) is 11.9 Å². The highest BCUT2D eigenvalue weighted by Crippen LogP contribution is 2.55. The molecular formula is C14H12O4. The number of hydrogen-bond acceptors (Lipinski definition) is 4. The van der Waals surface area contributed by atoms with Crippen LogP contribution in [0.25, 0.3) is 0 Å². The summed E-state index contributed by atoms with van der Waals surface area (Å²) in [5.41, 5.74) is 2.67. The van der Waals surface area contributed by atoms with Crippen molar-refractivity contribution in [2.24, 2.45) is 0 Å². The average molecular weight is 244 g/mol. The molecule has 0 radical (unpaired) electrons. The summed E-state index contributed by atoms with van der Waals surface area (Å²) in [6, 6.07) is 5.82. The van der Waals surface area contributed by atoms with Gasteiger partial charge in [-0.15, -0.1) is 0 Å². The van der Waals surface area contributed by atoms with Crippen molar-refractivity contribution in [3.05, 3.63) is 41.5 Å². The fourth-order valence-electron chi connectivity index (χ4n) is 2.65. The van der Waals surface area contributed by atoms with Crippen LogP contribution in [0.2, 0.25) is 0 Å².